The van der Waals surface area contributed by atoms with Crippen LogP contribution in [-0.2, 0) is 5.75 Å². The highest BCUT2D eigenvalue weighted by Crippen LogP contribution is 2.35. The van der Waals surface area contributed by atoms with Crippen LogP contribution in [0.5, 0.6) is 0 Å². The van der Waals surface area contributed by atoms with E-state index in [0.717, 1.165) is 40.4 Å². The van der Waals surface area contributed by atoms with Crippen LogP contribution >= 0.6 is 11.8 Å². The standard InChI is InChI=1S/C22H29NO2S/c24-22(23-16-9-3-1-4-10-16)21-19(15-26-17-11-5-2-6-12-17)18-13-7-8-14-20(18)25-21/h7-8,13-14,16-17H,1-6,9-12,15H2,(H,23,24). The smallest absolute Gasteiger partial charge is 0.287 e. The van der Waals surface area contributed by atoms with Gasteiger partial charge in [0.15, 0.2) is 5.76 Å². The molecule has 2 saturated carbocycles. The van der Waals surface area contributed by atoms with Crippen molar-refractivity contribution in [3.63, 3.8) is 0 Å². The fourth-order valence-corrected chi connectivity index (χ4v) is 5.71. The van der Waals surface area contributed by atoms with Gasteiger partial charge in [-0.25, -0.2) is 0 Å². The Morgan fingerprint density at radius 3 is 2.46 bits per heavy atom. The number of carbonyl (C=O) groups is 1. The van der Waals surface area contributed by atoms with Crippen LogP contribution in [0.1, 0.15) is 80.3 Å². The van der Waals surface area contributed by atoms with Crippen LogP contribution in [0.2, 0.25) is 0 Å². The molecular weight excluding hydrogens is 342 g/mol. The number of nitrogens with one attached hydrogen (secondary N) is 1. The fraction of sp³-hybridized carbons (Fsp3) is 0.591. The van der Waals surface area contributed by atoms with Gasteiger partial charge in [-0.15, -0.1) is 0 Å². The number of furan rings is 1. The third kappa shape index (κ3) is 4.11. The third-order valence-corrected chi connectivity index (χ3v) is 7.26. The van der Waals surface area contributed by atoms with Gasteiger partial charge in [0.25, 0.3) is 5.91 Å². The molecule has 26 heavy (non-hydrogen) atoms. The lowest BCUT2D eigenvalue weighted by Crippen LogP contribution is -2.36. The number of benzene rings is 1. The maximum absolute atomic E-state index is 12.9. The van der Waals surface area contributed by atoms with Crippen LogP contribution in [0.25, 0.3) is 11.0 Å². The molecule has 2 aromatic rings. The Balaban J connectivity index is 1.53. The Morgan fingerprint density at radius 1 is 1.00 bits per heavy atom. The van der Waals surface area contributed by atoms with Gasteiger partial charge in [-0.2, -0.15) is 11.8 Å². The summed E-state index contributed by atoms with van der Waals surface area (Å²) >= 11 is 2.01. The summed E-state index contributed by atoms with van der Waals surface area (Å²) in [6, 6.07) is 8.39. The summed E-state index contributed by atoms with van der Waals surface area (Å²) < 4.78 is 6.02. The van der Waals surface area contributed by atoms with Gasteiger partial charge in [0.2, 0.25) is 0 Å². The van der Waals surface area contributed by atoms with E-state index in [9.17, 15) is 4.79 Å². The lowest BCUT2D eigenvalue weighted by Gasteiger charge is -2.23. The van der Waals surface area contributed by atoms with Gasteiger partial charge in [0.05, 0.1) is 0 Å². The van der Waals surface area contributed by atoms with E-state index in [0.29, 0.717) is 11.8 Å². The van der Waals surface area contributed by atoms with Gasteiger partial charge in [-0.1, -0.05) is 56.7 Å². The minimum atomic E-state index is -0.0210. The summed E-state index contributed by atoms with van der Waals surface area (Å²) in [5, 5.41) is 5.06. The van der Waals surface area contributed by atoms with Crippen molar-refractivity contribution in [2.75, 3.05) is 0 Å². The minimum absolute atomic E-state index is 0.0210. The molecule has 0 unspecified atom stereocenters. The van der Waals surface area contributed by atoms with E-state index < -0.39 is 0 Å². The molecule has 0 atom stereocenters. The second-order valence-electron chi connectivity index (χ2n) is 7.79. The highest BCUT2D eigenvalue weighted by atomic mass is 32.2. The van der Waals surface area contributed by atoms with Gasteiger partial charge >= 0.3 is 0 Å². The number of rotatable bonds is 5. The molecule has 1 aromatic heterocycles. The monoisotopic (exact) mass is 371 g/mol. The highest BCUT2D eigenvalue weighted by molar-refractivity contribution is 7.99. The SMILES string of the molecule is O=C(NC1CCCCC1)c1oc2ccccc2c1CSC1CCCCC1. The summed E-state index contributed by atoms with van der Waals surface area (Å²) in [5.41, 5.74) is 1.92. The minimum Gasteiger partial charge on any atom is -0.451 e. The average Bonchev–Trinajstić information content (AvgIpc) is 3.07. The van der Waals surface area contributed by atoms with Crippen molar-refractivity contribution >= 4 is 28.6 Å². The molecule has 0 spiro atoms. The Labute approximate surface area is 160 Å². The Morgan fingerprint density at radius 2 is 1.69 bits per heavy atom. The second kappa shape index (κ2) is 8.51. The van der Waals surface area contributed by atoms with Crippen molar-refractivity contribution in [2.45, 2.75) is 81.3 Å². The molecule has 1 N–H and O–H groups in total. The molecule has 4 rings (SSSR count). The molecule has 140 valence electrons. The van der Waals surface area contributed by atoms with E-state index >= 15 is 0 Å². The van der Waals surface area contributed by atoms with Crippen LogP contribution in [0.4, 0.5) is 0 Å². The van der Waals surface area contributed by atoms with Gasteiger partial charge in [-0.05, 0) is 31.7 Å². The van der Waals surface area contributed by atoms with Crippen LogP contribution in [0.15, 0.2) is 28.7 Å². The predicted molar refractivity (Wildman–Crippen MR) is 109 cm³/mol. The van der Waals surface area contributed by atoms with E-state index in [1.54, 1.807) is 0 Å². The first-order valence-corrected chi connectivity index (χ1v) is 11.3. The number of hydrogen-bond acceptors (Lipinski definition) is 3. The molecule has 3 nitrogen and oxygen atoms in total. The summed E-state index contributed by atoms with van der Waals surface area (Å²) in [6.45, 7) is 0. The molecule has 0 bridgehead atoms. The zero-order valence-electron chi connectivity index (χ0n) is 15.5. The number of amides is 1. The maximum atomic E-state index is 12.9. The van der Waals surface area contributed by atoms with Crippen molar-refractivity contribution in [3.8, 4) is 0 Å². The molecule has 1 amide bonds. The number of para-hydroxylation sites is 1. The first-order valence-electron chi connectivity index (χ1n) is 10.2. The molecule has 2 aliphatic carbocycles. The number of hydrogen-bond donors (Lipinski definition) is 1. The van der Waals surface area contributed by atoms with Crippen LogP contribution in [-0.4, -0.2) is 17.2 Å². The van der Waals surface area contributed by atoms with Crippen molar-refractivity contribution in [2.24, 2.45) is 0 Å². The topological polar surface area (TPSA) is 42.2 Å². The number of carbonyl (C=O) groups excluding carboxylic acids is 1. The van der Waals surface area contributed by atoms with E-state index in [4.69, 9.17) is 4.42 Å². The van der Waals surface area contributed by atoms with Crippen LogP contribution in [0.3, 0.4) is 0 Å². The zero-order chi connectivity index (χ0) is 17.8. The van der Waals surface area contributed by atoms with E-state index in [2.05, 4.69) is 11.4 Å². The van der Waals surface area contributed by atoms with E-state index in [-0.39, 0.29) is 5.91 Å². The summed E-state index contributed by atoms with van der Waals surface area (Å²) in [5.74, 6) is 1.39. The zero-order valence-corrected chi connectivity index (χ0v) is 16.3. The van der Waals surface area contributed by atoms with Crippen LogP contribution < -0.4 is 5.32 Å². The Hall–Kier alpha value is -1.42. The van der Waals surface area contributed by atoms with Crippen molar-refractivity contribution < 1.29 is 9.21 Å². The molecule has 2 aliphatic rings. The van der Waals surface area contributed by atoms with Gasteiger partial charge in [0.1, 0.15) is 5.58 Å². The van der Waals surface area contributed by atoms with Crippen molar-refractivity contribution in [1.82, 2.24) is 5.32 Å². The lowest BCUT2D eigenvalue weighted by molar-refractivity contribution is 0.0901. The second-order valence-corrected chi connectivity index (χ2v) is 9.07. The third-order valence-electron chi connectivity index (χ3n) is 5.86. The summed E-state index contributed by atoms with van der Waals surface area (Å²) in [6.07, 6.45) is 12.6. The number of thioether (sulfide) groups is 1. The summed E-state index contributed by atoms with van der Waals surface area (Å²) in [4.78, 5) is 12.9. The molecular formula is C22H29NO2S. The first kappa shape index (κ1) is 18.0. The molecule has 1 aromatic carbocycles. The van der Waals surface area contributed by atoms with Gasteiger partial charge in [0, 0.05) is 28.0 Å². The van der Waals surface area contributed by atoms with Gasteiger partial charge in [-0.3, -0.25) is 4.79 Å². The Bertz CT molecular complexity index is 742. The van der Waals surface area contributed by atoms with Crippen molar-refractivity contribution in [1.29, 1.82) is 0 Å². The molecule has 0 saturated heterocycles. The highest BCUT2D eigenvalue weighted by Gasteiger charge is 2.24. The predicted octanol–water partition coefficient (Wildman–Crippen LogP) is 6.06. The normalized spacial score (nSPS) is 19.7. The van der Waals surface area contributed by atoms with Gasteiger partial charge < -0.3 is 9.73 Å². The molecule has 0 radical (unpaired) electrons. The van der Waals surface area contributed by atoms with Crippen LogP contribution in [0, 0.1) is 0 Å². The average molecular weight is 372 g/mol. The first-order chi connectivity index (χ1) is 12.8. The largest absolute Gasteiger partial charge is 0.451 e. The van der Waals surface area contributed by atoms with Crippen molar-refractivity contribution in [3.05, 3.63) is 35.6 Å². The van der Waals surface area contributed by atoms with E-state index in [1.807, 2.05) is 30.0 Å². The molecule has 2 fully saturated rings. The number of fused-ring (bicyclic) bond motifs is 1. The maximum Gasteiger partial charge on any atom is 0.287 e. The fourth-order valence-electron chi connectivity index (χ4n) is 4.36. The lowest BCUT2D eigenvalue weighted by atomic mass is 9.95. The summed E-state index contributed by atoms with van der Waals surface area (Å²) in [7, 11) is 0. The molecule has 1 heterocycles. The molecule has 0 aliphatic heterocycles. The molecule has 4 heteroatoms. The Kier molecular flexibility index (Phi) is 5.88. The van der Waals surface area contributed by atoms with E-state index in [1.165, 1.54) is 51.4 Å². The quantitative estimate of drug-likeness (QED) is 0.694.